The number of carbonyl (C=O) groups is 1. The minimum atomic E-state index is -0.846. The molecule has 29 heavy (non-hydrogen) atoms. The number of hydrogen-bond acceptors (Lipinski definition) is 3. The van der Waals surface area contributed by atoms with Gasteiger partial charge in [0.1, 0.15) is 5.60 Å². The molecule has 0 atom stereocenters. The molecule has 1 amide bonds. The standard InChI is InChI=1S/C23H29BrN2O3/c24-18-2-1-3-19-20(18)17(12-26(19)13-23(28)14-29-15-23)21(27)25-11-10-22-7-4-16(5-8-22)6-9-22/h1-3,12,16,28H,4-11,13-15H2,(H,25,27). The highest BCUT2D eigenvalue weighted by molar-refractivity contribution is 9.10. The van der Waals surface area contributed by atoms with Crippen LogP contribution in [0.25, 0.3) is 10.9 Å². The van der Waals surface area contributed by atoms with E-state index < -0.39 is 5.60 Å². The highest BCUT2D eigenvalue weighted by Gasteiger charge is 2.40. The van der Waals surface area contributed by atoms with E-state index in [1.807, 2.05) is 29.0 Å². The van der Waals surface area contributed by atoms with Crippen LogP contribution in [0.2, 0.25) is 0 Å². The maximum atomic E-state index is 13.1. The van der Waals surface area contributed by atoms with E-state index in [1.165, 1.54) is 38.5 Å². The normalized spacial score (nSPS) is 27.7. The van der Waals surface area contributed by atoms with Crippen LogP contribution < -0.4 is 5.32 Å². The summed E-state index contributed by atoms with van der Waals surface area (Å²) in [6, 6.07) is 5.92. The van der Waals surface area contributed by atoms with Gasteiger partial charge in [0.15, 0.2) is 0 Å². The van der Waals surface area contributed by atoms with Crippen molar-refractivity contribution in [2.45, 2.75) is 57.1 Å². The third-order valence-electron chi connectivity index (χ3n) is 7.50. The number of carbonyl (C=O) groups excluding carboxylic acids is 1. The molecule has 0 radical (unpaired) electrons. The smallest absolute Gasteiger partial charge is 0.253 e. The molecule has 2 bridgehead atoms. The van der Waals surface area contributed by atoms with Crippen LogP contribution in [0.5, 0.6) is 0 Å². The van der Waals surface area contributed by atoms with E-state index >= 15 is 0 Å². The molecule has 4 aliphatic rings. The molecule has 6 rings (SSSR count). The van der Waals surface area contributed by atoms with Gasteiger partial charge in [-0.3, -0.25) is 4.79 Å². The first kappa shape index (κ1) is 19.6. The largest absolute Gasteiger partial charge is 0.383 e. The average molecular weight is 461 g/mol. The lowest BCUT2D eigenvalue weighted by Gasteiger charge is -2.46. The number of rotatable bonds is 6. The summed E-state index contributed by atoms with van der Waals surface area (Å²) in [7, 11) is 0. The summed E-state index contributed by atoms with van der Waals surface area (Å²) in [6.07, 6.45) is 11.1. The Hall–Kier alpha value is -1.37. The Bertz CT molecular complexity index is 912. The van der Waals surface area contributed by atoms with E-state index in [0.29, 0.717) is 30.7 Å². The van der Waals surface area contributed by atoms with E-state index in [2.05, 4.69) is 21.2 Å². The van der Waals surface area contributed by atoms with Gasteiger partial charge in [0.05, 0.1) is 30.8 Å². The molecule has 1 aliphatic heterocycles. The van der Waals surface area contributed by atoms with Crippen molar-refractivity contribution < 1.29 is 14.6 Å². The third kappa shape index (κ3) is 3.64. The lowest BCUT2D eigenvalue weighted by Crippen LogP contribution is -2.52. The van der Waals surface area contributed by atoms with Crippen LogP contribution >= 0.6 is 15.9 Å². The Labute approximate surface area is 179 Å². The van der Waals surface area contributed by atoms with Crippen LogP contribution in [0.3, 0.4) is 0 Å². The topological polar surface area (TPSA) is 63.5 Å². The molecule has 4 fully saturated rings. The maximum absolute atomic E-state index is 13.1. The molecule has 0 spiro atoms. The van der Waals surface area contributed by atoms with Gasteiger partial charge in [0.25, 0.3) is 5.91 Å². The average Bonchev–Trinajstić information content (AvgIpc) is 3.08. The fourth-order valence-electron chi connectivity index (χ4n) is 5.61. The second-order valence-corrected chi connectivity index (χ2v) is 10.4. The summed E-state index contributed by atoms with van der Waals surface area (Å²) in [4.78, 5) is 13.1. The van der Waals surface area contributed by atoms with Crippen LogP contribution in [0.1, 0.15) is 55.3 Å². The van der Waals surface area contributed by atoms with Gasteiger partial charge in [-0.25, -0.2) is 0 Å². The fourth-order valence-corrected chi connectivity index (χ4v) is 6.18. The first-order valence-electron chi connectivity index (χ1n) is 10.8. The number of amides is 1. The molecule has 3 aliphatic carbocycles. The number of nitrogens with one attached hydrogen (secondary N) is 1. The number of aromatic nitrogens is 1. The molecule has 2 aromatic rings. The van der Waals surface area contributed by atoms with Crippen molar-refractivity contribution in [3.05, 3.63) is 34.4 Å². The van der Waals surface area contributed by atoms with Gasteiger partial charge in [-0.1, -0.05) is 22.0 Å². The molecule has 0 unspecified atom stereocenters. The van der Waals surface area contributed by atoms with E-state index in [1.54, 1.807) is 0 Å². The van der Waals surface area contributed by atoms with Crippen LogP contribution in [0, 0.1) is 11.3 Å². The van der Waals surface area contributed by atoms with Gasteiger partial charge in [0, 0.05) is 22.6 Å². The summed E-state index contributed by atoms with van der Waals surface area (Å²) in [5, 5.41) is 14.6. The van der Waals surface area contributed by atoms with Crippen LogP contribution in [-0.2, 0) is 11.3 Å². The molecule has 2 N–H and O–H groups in total. The molecule has 156 valence electrons. The summed E-state index contributed by atoms with van der Waals surface area (Å²) >= 11 is 3.62. The predicted molar refractivity (Wildman–Crippen MR) is 116 cm³/mol. The van der Waals surface area contributed by atoms with E-state index in [-0.39, 0.29) is 5.91 Å². The number of fused-ring (bicyclic) bond motifs is 4. The summed E-state index contributed by atoms with van der Waals surface area (Å²) in [5.74, 6) is 0.934. The van der Waals surface area contributed by atoms with Crippen molar-refractivity contribution in [3.63, 3.8) is 0 Å². The van der Waals surface area contributed by atoms with Gasteiger partial charge in [0.2, 0.25) is 0 Å². The molecule has 1 aromatic carbocycles. The molecular formula is C23H29BrN2O3. The maximum Gasteiger partial charge on any atom is 0.253 e. The lowest BCUT2D eigenvalue weighted by atomic mass is 9.59. The first-order chi connectivity index (χ1) is 14.0. The number of hydrogen-bond donors (Lipinski definition) is 2. The van der Waals surface area contributed by atoms with Crippen LogP contribution in [-0.4, -0.2) is 40.9 Å². The lowest BCUT2D eigenvalue weighted by molar-refractivity contribution is -0.184. The zero-order chi connectivity index (χ0) is 20.1. The molecule has 1 aromatic heterocycles. The predicted octanol–water partition coefficient (Wildman–Crippen LogP) is 4.26. The van der Waals surface area contributed by atoms with Gasteiger partial charge in [-0.2, -0.15) is 0 Å². The van der Waals surface area contributed by atoms with Crippen LogP contribution in [0.4, 0.5) is 0 Å². The Morgan fingerprint density at radius 2 is 1.97 bits per heavy atom. The van der Waals surface area contributed by atoms with Crippen molar-refractivity contribution in [2.24, 2.45) is 11.3 Å². The Morgan fingerprint density at radius 3 is 2.62 bits per heavy atom. The van der Waals surface area contributed by atoms with E-state index in [4.69, 9.17) is 4.74 Å². The Morgan fingerprint density at radius 1 is 1.24 bits per heavy atom. The number of aliphatic hydroxyl groups is 1. The number of ether oxygens (including phenoxy) is 1. The summed E-state index contributed by atoms with van der Waals surface area (Å²) in [5.41, 5.74) is 1.24. The Kier molecular flexibility index (Phi) is 5.00. The third-order valence-corrected chi connectivity index (χ3v) is 8.16. The minimum absolute atomic E-state index is 0.0293. The van der Waals surface area contributed by atoms with Crippen molar-refractivity contribution in [2.75, 3.05) is 19.8 Å². The van der Waals surface area contributed by atoms with Crippen molar-refractivity contribution in [1.82, 2.24) is 9.88 Å². The van der Waals surface area contributed by atoms with Crippen molar-refractivity contribution in [1.29, 1.82) is 0 Å². The zero-order valence-electron chi connectivity index (χ0n) is 16.8. The van der Waals surface area contributed by atoms with Crippen LogP contribution in [0.15, 0.2) is 28.9 Å². The SMILES string of the molecule is O=C(NCCC12CCC(CC1)CC2)c1cn(CC2(O)COC2)c2cccc(Br)c12. The van der Waals surface area contributed by atoms with Crippen molar-refractivity contribution in [3.8, 4) is 0 Å². The van der Waals surface area contributed by atoms with E-state index in [9.17, 15) is 9.90 Å². The van der Waals surface area contributed by atoms with Crippen molar-refractivity contribution >= 4 is 32.7 Å². The monoisotopic (exact) mass is 460 g/mol. The molecule has 3 saturated carbocycles. The Balaban J connectivity index is 1.33. The summed E-state index contributed by atoms with van der Waals surface area (Å²) < 4.78 is 8.07. The molecule has 6 heteroatoms. The first-order valence-corrected chi connectivity index (χ1v) is 11.6. The van der Waals surface area contributed by atoms with Gasteiger partial charge < -0.3 is 19.7 Å². The van der Waals surface area contributed by atoms with Gasteiger partial charge >= 0.3 is 0 Å². The van der Waals surface area contributed by atoms with E-state index in [0.717, 1.165) is 34.3 Å². The number of nitrogens with zero attached hydrogens (tertiary/aromatic N) is 1. The number of benzene rings is 1. The second-order valence-electron chi connectivity index (χ2n) is 9.51. The van der Waals surface area contributed by atoms with Gasteiger partial charge in [-0.05, 0) is 68.4 Å². The molecular weight excluding hydrogens is 432 g/mol. The highest BCUT2D eigenvalue weighted by atomic mass is 79.9. The quantitative estimate of drug-likeness (QED) is 0.676. The second kappa shape index (κ2) is 7.40. The van der Waals surface area contributed by atoms with Gasteiger partial charge in [-0.15, -0.1) is 0 Å². The highest BCUT2D eigenvalue weighted by Crippen LogP contribution is 2.51. The summed E-state index contributed by atoms with van der Waals surface area (Å²) in [6.45, 7) is 1.84. The fraction of sp³-hybridized carbons (Fsp3) is 0.609. The molecule has 5 nitrogen and oxygen atoms in total. The molecule has 1 saturated heterocycles. The zero-order valence-corrected chi connectivity index (χ0v) is 18.3. The minimum Gasteiger partial charge on any atom is -0.383 e. The molecule has 2 heterocycles. The number of halogens is 1.